The van der Waals surface area contributed by atoms with E-state index in [4.69, 9.17) is 5.11 Å². The Bertz CT molecular complexity index is 361. The van der Waals surface area contributed by atoms with Gasteiger partial charge in [0.1, 0.15) is 5.69 Å². The average Bonchev–Trinajstić information content (AvgIpc) is 2.82. The van der Waals surface area contributed by atoms with Crippen molar-refractivity contribution in [2.24, 2.45) is 0 Å². The van der Waals surface area contributed by atoms with E-state index >= 15 is 0 Å². The largest absolute Gasteiger partial charge is 0.477 e. The molecule has 1 aliphatic carbocycles. The smallest absolute Gasteiger partial charge is 0.352 e. The molecule has 0 unspecified atom stereocenters. The number of rotatable bonds is 2. The summed E-state index contributed by atoms with van der Waals surface area (Å²) in [5.41, 5.74) is 2.61. The number of carboxylic acid groups (broad SMARTS) is 1. The summed E-state index contributed by atoms with van der Waals surface area (Å²) < 4.78 is 1.96. The van der Waals surface area contributed by atoms with Crippen LogP contribution in [0.15, 0.2) is 6.07 Å². The van der Waals surface area contributed by atoms with Crippen molar-refractivity contribution < 1.29 is 9.90 Å². The van der Waals surface area contributed by atoms with Crippen LogP contribution in [0.3, 0.4) is 0 Å². The third-order valence-electron chi connectivity index (χ3n) is 2.68. The zero-order valence-corrected chi connectivity index (χ0v) is 7.87. The summed E-state index contributed by atoms with van der Waals surface area (Å²) in [5, 5.41) is 8.96. The van der Waals surface area contributed by atoms with E-state index in [1.54, 1.807) is 6.07 Å². The van der Waals surface area contributed by atoms with E-state index in [1.807, 2.05) is 18.4 Å². The van der Waals surface area contributed by atoms with E-state index in [2.05, 4.69) is 0 Å². The highest BCUT2D eigenvalue weighted by Crippen LogP contribution is 2.38. The van der Waals surface area contributed by atoms with Gasteiger partial charge in [-0.25, -0.2) is 4.79 Å². The van der Waals surface area contributed by atoms with E-state index in [0.29, 0.717) is 11.7 Å². The Labute approximate surface area is 77.0 Å². The van der Waals surface area contributed by atoms with Crippen LogP contribution in [0.2, 0.25) is 0 Å². The third kappa shape index (κ3) is 1.24. The third-order valence-corrected chi connectivity index (χ3v) is 2.68. The van der Waals surface area contributed by atoms with E-state index < -0.39 is 5.97 Å². The van der Waals surface area contributed by atoms with Gasteiger partial charge in [-0.3, -0.25) is 0 Å². The fraction of sp³-hybridized carbons (Fsp3) is 0.500. The van der Waals surface area contributed by atoms with Crippen molar-refractivity contribution in [3.8, 4) is 0 Å². The maximum Gasteiger partial charge on any atom is 0.352 e. The number of carbonyl (C=O) groups is 1. The Balaban J connectivity index is 2.54. The van der Waals surface area contributed by atoms with Gasteiger partial charge in [-0.1, -0.05) is 0 Å². The van der Waals surface area contributed by atoms with Gasteiger partial charge in [0.05, 0.1) is 0 Å². The minimum atomic E-state index is -0.817. The quantitative estimate of drug-likeness (QED) is 0.755. The predicted octanol–water partition coefficient (Wildman–Crippen LogP) is 2.14. The first-order chi connectivity index (χ1) is 6.11. The molecule has 3 heteroatoms. The molecule has 0 bridgehead atoms. The summed E-state index contributed by atoms with van der Waals surface area (Å²) in [6.07, 6.45) is 2.24. The summed E-state index contributed by atoms with van der Waals surface area (Å²) in [6.45, 7) is 3.95. The van der Waals surface area contributed by atoms with Gasteiger partial charge in [0, 0.05) is 11.7 Å². The molecule has 13 heavy (non-hydrogen) atoms. The lowest BCUT2D eigenvalue weighted by Crippen LogP contribution is -2.07. The van der Waals surface area contributed by atoms with Crippen LogP contribution in [0.1, 0.15) is 40.6 Å². The fourth-order valence-electron chi connectivity index (χ4n) is 1.72. The lowest BCUT2D eigenvalue weighted by molar-refractivity contribution is 0.0684. The zero-order chi connectivity index (χ0) is 9.59. The fourth-order valence-corrected chi connectivity index (χ4v) is 1.72. The van der Waals surface area contributed by atoms with Crippen molar-refractivity contribution in [3.63, 3.8) is 0 Å². The molecule has 2 rings (SSSR count). The molecule has 1 heterocycles. The Morgan fingerprint density at radius 2 is 2.15 bits per heavy atom. The first kappa shape index (κ1) is 8.35. The van der Waals surface area contributed by atoms with Gasteiger partial charge >= 0.3 is 5.97 Å². The Morgan fingerprint density at radius 1 is 1.54 bits per heavy atom. The lowest BCUT2D eigenvalue weighted by atomic mass is 10.3. The van der Waals surface area contributed by atoms with Gasteiger partial charge in [-0.15, -0.1) is 0 Å². The maximum atomic E-state index is 10.9. The SMILES string of the molecule is Cc1cc(C(=O)O)n(C2CC2)c1C. The molecule has 0 amide bonds. The number of aromatic nitrogens is 1. The highest BCUT2D eigenvalue weighted by Gasteiger charge is 2.29. The minimum Gasteiger partial charge on any atom is -0.477 e. The van der Waals surface area contributed by atoms with E-state index in [-0.39, 0.29) is 0 Å². The molecular formula is C10H13NO2. The first-order valence-electron chi connectivity index (χ1n) is 4.53. The average molecular weight is 179 g/mol. The number of hydrogen-bond donors (Lipinski definition) is 1. The molecule has 1 aromatic heterocycles. The van der Waals surface area contributed by atoms with Crippen molar-refractivity contribution in [1.82, 2.24) is 4.57 Å². The molecule has 0 radical (unpaired) electrons. The molecule has 1 aromatic rings. The molecule has 1 N–H and O–H groups in total. The highest BCUT2D eigenvalue weighted by molar-refractivity contribution is 5.86. The van der Waals surface area contributed by atoms with Crippen molar-refractivity contribution >= 4 is 5.97 Å². The molecule has 0 saturated heterocycles. The topological polar surface area (TPSA) is 42.2 Å². The molecule has 70 valence electrons. The summed E-state index contributed by atoms with van der Waals surface area (Å²) in [7, 11) is 0. The van der Waals surface area contributed by atoms with Crippen LogP contribution in [-0.4, -0.2) is 15.6 Å². The first-order valence-corrected chi connectivity index (χ1v) is 4.53. The van der Waals surface area contributed by atoms with Gasteiger partial charge in [0.2, 0.25) is 0 Å². The lowest BCUT2D eigenvalue weighted by Gasteiger charge is -2.06. The molecule has 0 atom stereocenters. The second-order valence-corrected chi connectivity index (χ2v) is 3.70. The Hall–Kier alpha value is -1.25. The van der Waals surface area contributed by atoms with Crippen molar-refractivity contribution in [1.29, 1.82) is 0 Å². The van der Waals surface area contributed by atoms with Crippen LogP contribution >= 0.6 is 0 Å². The molecule has 1 aliphatic rings. The van der Waals surface area contributed by atoms with E-state index in [9.17, 15) is 4.79 Å². The number of nitrogens with zero attached hydrogens (tertiary/aromatic N) is 1. The van der Waals surface area contributed by atoms with Gasteiger partial charge < -0.3 is 9.67 Å². The standard InChI is InChI=1S/C10H13NO2/c1-6-5-9(10(12)13)11(7(6)2)8-3-4-8/h5,8H,3-4H2,1-2H3,(H,12,13). The van der Waals surface area contributed by atoms with Crippen LogP contribution < -0.4 is 0 Å². The molecule has 1 saturated carbocycles. The van der Waals surface area contributed by atoms with E-state index in [0.717, 1.165) is 24.1 Å². The molecule has 3 nitrogen and oxygen atoms in total. The van der Waals surface area contributed by atoms with Gasteiger partial charge in [0.25, 0.3) is 0 Å². The van der Waals surface area contributed by atoms with Crippen LogP contribution in [-0.2, 0) is 0 Å². The monoisotopic (exact) mass is 179 g/mol. The summed E-state index contributed by atoms with van der Waals surface area (Å²) in [4.78, 5) is 10.9. The van der Waals surface area contributed by atoms with Crippen LogP contribution in [0, 0.1) is 13.8 Å². The second-order valence-electron chi connectivity index (χ2n) is 3.70. The summed E-state index contributed by atoms with van der Waals surface area (Å²) >= 11 is 0. The van der Waals surface area contributed by atoms with E-state index in [1.165, 1.54) is 0 Å². The molecular weight excluding hydrogens is 166 g/mol. The van der Waals surface area contributed by atoms with Crippen LogP contribution in [0.5, 0.6) is 0 Å². The number of carboxylic acids is 1. The zero-order valence-electron chi connectivity index (χ0n) is 7.87. The maximum absolute atomic E-state index is 10.9. The van der Waals surface area contributed by atoms with Crippen LogP contribution in [0.4, 0.5) is 0 Å². The molecule has 0 spiro atoms. The van der Waals surface area contributed by atoms with Gasteiger partial charge in [-0.2, -0.15) is 0 Å². The predicted molar refractivity (Wildman–Crippen MR) is 49.1 cm³/mol. The van der Waals surface area contributed by atoms with Crippen molar-refractivity contribution in [3.05, 3.63) is 23.0 Å². The second kappa shape index (κ2) is 2.62. The molecule has 0 aliphatic heterocycles. The number of aromatic carboxylic acids is 1. The highest BCUT2D eigenvalue weighted by atomic mass is 16.4. The Morgan fingerprint density at radius 3 is 2.62 bits per heavy atom. The minimum absolute atomic E-state index is 0.442. The van der Waals surface area contributed by atoms with Gasteiger partial charge in [0.15, 0.2) is 0 Å². The van der Waals surface area contributed by atoms with Crippen molar-refractivity contribution in [2.75, 3.05) is 0 Å². The normalized spacial score (nSPS) is 16.2. The van der Waals surface area contributed by atoms with Crippen molar-refractivity contribution in [2.45, 2.75) is 32.7 Å². The number of aryl methyl sites for hydroxylation is 1. The summed E-state index contributed by atoms with van der Waals surface area (Å²) in [5.74, 6) is -0.817. The molecule has 0 aromatic carbocycles. The van der Waals surface area contributed by atoms with Crippen LogP contribution in [0.25, 0.3) is 0 Å². The Kier molecular flexibility index (Phi) is 1.68. The van der Waals surface area contributed by atoms with Gasteiger partial charge in [-0.05, 0) is 38.3 Å². The summed E-state index contributed by atoms with van der Waals surface area (Å²) in [6, 6.07) is 2.20. The molecule has 1 fully saturated rings. The number of hydrogen-bond acceptors (Lipinski definition) is 1.